The number of hydrogen-bond acceptors (Lipinski definition) is 2. The summed E-state index contributed by atoms with van der Waals surface area (Å²) in [5.41, 5.74) is 1.20. The highest BCUT2D eigenvalue weighted by Gasteiger charge is 2.31. The van der Waals surface area contributed by atoms with Crippen LogP contribution in [0.4, 0.5) is 0 Å². The lowest BCUT2D eigenvalue weighted by molar-refractivity contribution is 0.437. The number of nitrogens with zero attached hydrogens (tertiary/aromatic N) is 2. The Morgan fingerprint density at radius 3 is 2.56 bits per heavy atom. The summed E-state index contributed by atoms with van der Waals surface area (Å²) in [6.07, 6.45) is 8.55. The van der Waals surface area contributed by atoms with E-state index in [1.54, 1.807) is 0 Å². The first-order valence-corrected chi connectivity index (χ1v) is 5.57. The lowest BCUT2D eigenvalue weighted by Gasteiger charge is -2.24. The summed E-state index contributed by atoms with van der Waals surface area (Å²) >= 11 is 0. The van der Waals surface area contributed by atoms with E-state index in [0.717, 1.165) is 5.84 Å². The van der Waals surface area contributed by atoms with Gasteiger partial charge in [-0.25, -0.2) is 0 Å². The SMILES string of the molecule is CN1C(c2ccccc2)=NC2C=CC=CC21. The second-order valence-electron chi connectivity index (χ2n) is 4.18. The van der Waals surface area contributed by atoms with Gasteiger partial charge < -0.3 is 4.90 Å². The van der Waals surface area contributed by atoms with Crippen LogP contribution < -0.4 is 0 Å². The number of rotatable bonds is 1. The molecule has 2 unspecified atom stereocenters. The maximum Gasteiger partial charge on any atom is 0.131 e. The summed E-state index contributed by atoms with van der Waals surface area (Å²) in [6.45, 7) is 0. The molecule has 0 spiro atoms. The van der Waals surface area contributed by atoms with Gasteiger partial charge in [0.1, 0.15) is 5.84 Å². The highest BCUT2D eigenvalue weighted by molar-refractivity contribution is 6.00. The van der Waals surface area contributed by atoms with E-state index in [-0.39, 0.29) is 6.04 Å². The molecular weight excluding hydrogens is 196 g/mol. The fourth-order valence-electron chi connectivity index (χ4n) is 2.30. The Morgan fingerprint density at radius 2 is 1.81 bits per heavy atom. The third kappa shape index (κ3) is 1.38. The van der Waals surface area contributed by atoms with E-state index in [4.69, 9.17) is 4.99 Å². The molecular formula is C14H14N2. The fraction of sp³-hybridized carbons (Fsp3) is 0.214. The minimum absolute atomic E-state index is 0.283. The minimum atomic E-state index is 0.283. The molecule has 1 heterocycles. The molecule has 2 atom stereocenters. The molecule has 1 aromatic rings. The van der Waals surface area contributed by atoms with E-state index in [1.165, 1.54) is 5.56 Å². The third-order valence-electron chi connectivity index (χ3n) is 3.16. The number of likely N-dealkylation sites (N-methyl/N-ethyl adjacent to an activating group) is 1. The summed E-state index contributed by atoms with van der Waals surface area (Å²) < 4.78 is 0. The first kappa shape index (κ1) is 9.40. The zero-order valence-corrected chi connectivity index (χ0v) is 9.25. The highest BCUT2D eigenvalue weighted by Crippen LogP contribution is 2.24. The molecule has 2 nitrogen and oxygen atoms in total. The molecule has 3 rings (SSSR count). The summed E-state index contributed by atoms with van der Waals surface area (Å²) in [6, 6.07) is 11.0. The molecule has 0 saturated carbocycles. The van der Waals surface area contributed by atoms with Crippen molar-refractivity contribution >= 4 is 5.84 Å². The molecule has 80 valence electrons. The third-order valence-corrected chi connectivity index (χ3v) is 3.16. The summed E-state index contributed by atoms with van der Waals surface area (Å²) in [4.78, 5) is 7.02. The van der Waals surface area contributed by atoms with E-state index >= 15 is 0 Å². The maximum absolute atomic E-state index is 4.77. The summed E-state index contributed by atoms with van der Waals surface area (Å²) in [7, 11) is 2.11. The van der Waals surface area contributed by atoms with Crippen LogP contribution in [-0.2, 0) is 0 Å². The van der Waals surface area contributed by atoms with Crippen LogP contribution in [-0.4, -0.2) is 29.9 Å². The molecule has 16 heavy (non-hydrogen) atoms. The Bertz CT molecular complexity index is 471. The Morgan fingerprint density at radius 1 is 1.06 bits per heavy atom. The Labute approximate surface area is 95.6 Å². The summed E-state index contributed by atoms with van der Waals surface area (Å²) in [5.74, 6) is 1.09. The number of benzene rings is 1. The van der Waals surface area contributed by atoms with Crippen LogP contribution in [0.5, 0.6) is 0 Å². The maximum atomic E-state index is 4.77. The van der Waals surface area contributed by atoms with Crippen molar-refractivity contribution in [1.82, 2.24) is 4.90 Å². The first-order valence-electron chi connectivity index (χ1n) is 5.57. The normalized spacial score (nSPS) is 26.8. The van der Waals surface area contributed by atoms with Crippen LogP contribution in [0, 0.1) is 0 Å². The van der Waals surface area contributed by atoms with Crippen LogP contribution in [0.2, 0.25) is 0 Å². The topological polar surface area (TPSA) is 15.6 Å². The molecule has 1 aliphatic heterocycles. The van der Waals surface area contributed by atoms with Gasteiger partial charge in [0, 0.05) is 12.6 Å². The fourth-order valence-corrected chi connectivity index (χ4v) is 2.30. The molecule has 0 radical (unpaired) electrons. The molecule has 0 aromatic heterocycles. The van der Waals surface area contributed by atoms with Gasteiger partial charge in [0.15, 0.2) is 0 Å². The van der Waals surface area contributed by atoms with Crippen molar-refractivity contribution in [2.24, 2.45) is 4.99 Å². The predicted octanol–water partition coefficient (Wildman–Crippen LogP) is 2.24. The molecule has 2 heteroatoms. The Hall–Kier alpha value is -1.83. The average molecular weight is 210 g/mol. The van der Waals surface area contributed by atoms with E-state index in [2.05, 4.69) is 60.5 Å². The molecule has 0 bridgehead atoms. The Balaban J connectivity index is 1.98. The second-order valence-corrected chi connectivity index (χ2v) is 4.18. The van der Waals surface area contributed by atoms with E-state index in [9.17, 15) is 0 Å². The van der Waals surface area contributed by atoms with Crippen molar-refractivity contribution in [3.63, 3.8) is 0 Å². The largest absolute Gasteiger partial charge is 0.351 e. The minimum Gasteiger partial charge on any atom is -0.351 e. The molecule has 2 aliphatic rings. The molecule has 0 fully saturated rings. The van der Waals surface area contributed by atoms with Crippen LogP contribution in [0.25, 0.3) is 0 Å². The predicted molar refractivity (Wildman–Crippen MR) is 66.6 cm³/mol. The number of aliphatic imine (C=N–C) groups is 1. The molecule has 0 saturated heterocycles. The van der Waals surface area contributed by atoms with Gasteiger partial charge in [-0.1, -0.05) is 54.6 Å². The quantitative estimate of drug-likeness (QED) is 0.694. The van der Waals surface area contributed by atoms with Crippen molar-refractivity contribution in [3.05, 3.63) is 60.2 Å². The Kier molecular flexibility index (Phi) is 2.13. The van der Waals surface area contributed by atoms with Crippen molar-refractivity contribution in [3.8, 4) is 0 Å². The van der Waals surface area contributed by atoms with Gasteiger partial charge in [-0.15, -0.1) is 0 Å². The van der Waals surface area contributed by atoms with Crippen molar-refractivity contribution in [2.45, 2.75) is 12.1 Å². The highest BCUT2D eigenvalue weighted by atomic mass is 15.3. The van der Waals surface area contributed by atoms with Gasteiger partial charge in [-0.2, -0.15) is 0 Å². The molecule has 0 N–H and O–H groups in total. The average Bonchev–Trinajstić information content (AvgIpc) is 2.69. The van der Waals surface area contributed by atoms with Crippen LogP contribution in [0.3, 0.4) is 0 Å². The van der Waals surface area contributed by atoms with Crippen LogP contribution in [0.15, 0.2) is 59.6 Å². The lowest BCUT2D eigenvalue weighted by Crippen LogP contribution is -2.35. The van der Waals surface area contributed by atoms with Gasteiger partial charge in [-0.3, -0.25) is 4.99 Å². The van der Waals surface area contributed by atoms with Gasteiger partial charge in [0.25, 0.3) is 0 Å². The van der Waals surface area contributed by atoms with Gasteiger partial charge in [0.05, 0.1) is 12.1 Å². The van der Waals surface area contributed by atoms with Crippen LogP contribution in [0.1, 0.15) is 5.56 Å². The second kappa shape index (κ2) is 3.63. The molecule has 0 amide bonds. The number of allylic oxidation sites excluding steroid dienone is 2. The van der Waals surface area contributed by atoms with Gasteiger partial charge in [-0.05, 0) is 0 Å². The van der Waals surface area contributed by atoms with Crippen molar-refractivity contribution in [1.29, 1.82) is 0 Å². The monoisotopic (exact) mass is 210 g/mol. The standard InChI is InChI=1S/C14H14N2/c1-16-13-10-6-5-9-12(13)15-14(16)11-7-3-2-4-8-11/h2-10,12-13H,1H3. The number of hydrogen-bond donors (Lipinski definition) is 0. The summed E-state index contributed by atoms with van der Waals surface area (Å²) in [5, 5.41) is 0. The molecule has 1 aliphatic carbocycles. The van der Waals surface area contributed by atoms with Crippen molar-refractivity contribution in [2.75, 3.05) is 7.05 Å². The smallest absolute Gasteiger partial charge is 0.131 e. The number of amidine groups is 1. The van der Waals surface area contributed by atoms with E-state index in [0.29, 0.717) is 6.04 Å². The van der Waals surface area contributed by atoms with Gasteiger partial charge in [0.2, 0.25) is 0 Å². The molecule has 1 aromatic carbocycles. The van der Waals surface area contributed by atoms with Crippen molar-refractivity contribution < 1.29 is 0 Å². The van der Waals surface area contributed by atoms with Gasteiger partial charge >= 0.3 is 0 Å². The van der Waals surface area contributed by atoms with E-state index in [1.807, 2.05) is 6.07 Å². The number of fused-ring (bicyclic) bond motifs is 1. The zero-order chi connectivity index (χ0) is 11.0. The lowest BCUT2D eigenvalue weighted by atomic mass is 10.0. The zero-order valence-electron chi connectivity index (χ0n) is 9.25. The van der Waals surface area contributed by atoms with Crippen LogP contribution >= 0.6 is 0 Å². The first-order chi connectivity index (χ1) is 7.86. The van der Waals surface area contributed by atoms with E-state index < -0.39 is 0 Å².